The molecule has 0 fully saturated rings. The summed E-state index contributed by atoms with van der Waals surface area (Å²) in [5, 5.41) is 8.84. The van der Waals surface area contributed by atoms with E-state index in [1.165, 1.54) is 5.56 Å². The van der Waals surface area contributed by atoms with Crippen molar-refractivity contribution in [3.8, 4) is 5.75 Å². The maximum atomic E-state index is 10.8. The Morgan fingerprint density at radius 3 is 2.41 bits per heavy atom. The van der Waals surface area contributed by atoms with Crippen LogP contribution in [0.3, 0.4) is 0 Å². The predicted octanol–water partition coefficient (Wildman–Crippen LogP) is 4.40. The third-order valence-corrected chi connectivity index (χ3v) is 4.31. The normalized spacial score (nSPS) is 10.4. The fourth-order valence-corrected chi connectivity index (χ4v) is 2.81. The molecule has 0 radical (unpaired) electrons. The second-order valence-corrected chi connectivity index (χ2v) is 6.17. The van der Waals surface area contributed by atoms with Crippen molar-refractivity contribution in [2.45, 2.75) is 19.1 Å². The van der Waals surface area contributed by atoms with Crippen LogP contribution in [0.4, 0.5) is 0 Å². The van der Waals surface area contributed by atoms with Crippen LogP contribution in [0.15, 0.2) is 48.5 Å². The van der Waals surface area contributed by atoms with E-state index in [0.29, 0.717) is 12.2 Å². The summed E-state index contributed by atoms with van der Waals surface area (Å²) in [4.78, 5) is 10.8. The van der Waals surface area contributed by atoms with Gasteiger partial charge in [0.25, 0.3) is 0 Å². The first kappa shape index (κ1) is 16.4. The molecule has 4 heteroatoms. The number of hydrogen-bond donors (Lipinski definition) is 1. The van der Waals surface area contributed by atoms with Crippen LogP contribution >= 0.6 is 11.8 Å². The summed E-state index contributed by atoms with van der Waals surface area (Å²) in [6.07, 6.45) is 0.992. The van der Waals surface area contributed by atoms with Gasteiger partial charge in [-0.25, -0.2) is 4.79 Å². The first-order valence-electron chi connectivity index (χ1n) is 7.24. The van der Waals surface area contributed by atoms with Gasteiger partial charge in [-0.15, -0.1) is 0 Å². The molecular weight excluding hydrogens is 296 g/mol. The van der Waals surface area contributed by atoms with Gasteiger partial charge in [0.15, 0.2) is 0 Å². The topological polar surface area (TPSA) is 46.5 Å². The van der Waals surface area contributed by atoms with Gasteiger partial charge >= 0.3 is 5.97 Å². The van der Waals surface area contributed by atoms with Crippen molar-refractivity contribution in [1.82, 2.24) is 0 Å². The molecule has 116 valence electrons. The van der Waals surface area contributed by atoms with E-state index in [1.807, 2.05) is 48.2 Å². The van der Waals surface area contributed by atoms with Crippen LogP contribution < -0.4 is 4.74 Å². The summed E-state index contributed by atoms with van der Waals surface area (Å²) in [5.74, 6) is 1.95. The number of rotatable bonds is 8. The molecule has 0 spiro atoms. The van der Waals surface area contributed by atoms with E-state index in [9.17, 15) is 4.79 Å². The zero-order chi connectivity index (χ0) is 15.8. The van der Waals surface area contributed by atoms with Crippen LogP contribution in [0.5, 0.6) is 5.75 Å². The number of aromatic carboxylic acids is 1. The van der Waals surface area contributed by atoms with Gasteiger partial charge in [-0.3, -0.25) is 0 Å². The van der Waals surface area contributed by atoms with Gasteiger partial charge in [-0.1, -0.05) is 29.8 Å². The SMILES string of the molecule is Cc1ccc(OCCCSCc2ccc(C(=O)O)cc2)cc1. The van der Waals surface area contributed by atoms with Gasteiger partial charge in [0.2, 0.25) is 0 Å². The first-order valence-corrected chi connectivity index (χ1v) is 8.40. The van der Waals surface area contributed by atoms with Gasteiger partial charge in [-0.2, -0.15) is 11.8 Å². The molecule has 0 saturated heterocycles. The molecule has 0 aliphatic carbocycles. The fourth-order valence-electron chi connectivity index (χ4n) is 1.92. The van der Waals surface area contributed by atoms with Crippen molar-refractivity contribution >= 4 is 17.7 Å². The molecule has 0 bridgehead atoms. The minimum Gasteiger partial charge on any atom is -0.494 e. The molecule has 2 rings (SSSR count). The van der Waals surface area contributed by atoms with Gasteiger partial charge in [-0.05, 0) is 48.9 Å². The Labute approximate surface area is 135 Å². The van der Waals surface area contributed by atoms with Gasteiger partial charge in [0, 0.05) is 5.75 Å². The molecule has 0 aromatic heterocycles. The minimum atomic E-state index is -0.882. The zero-order valence-corrected chi connectivity index (χ0v) is 13.4. The van der Waals surface area contributed by atoms with E-state index in [0.717, 1.165) is 29.2 Å². The maximum Gasteiger partial charge on any atom is 0.335 e. The van der Waals surface area contributed by atoms with Crippen molar-refractivity contribution in [3.63, 3.8) is 0 Å². The molecule has 1 N–H and O–H groups in total. The summed E-state index contributed by atoms with van der Waals surface area (Å²) in [6, 6.07) is 15.1. The molecule has 2 aromatic carbocycles. The number of thioether (sulfide) groups is 1. The van der Waals surface area contributed by atoms with Crippen LogP contribution in [0.2, 0.25) is 0 Å². The molecule has 22 heavy (non-hydrogen) atoms. The standard InChI is InChI=1S/C18H20O3S/c1-14-3-9-17(10-4-14)21-11-2-12-22-13-15-5-7-16(8-6-15)18(19)20/h3-10H,2,11-13H2,1H3,(H,19,20). The van der Waals surface area contributed by atoms with Gasteiger partial charge in [0.1, 0.15) is 5.75 Å². The van der Waals surface area contributed by atoms with Gasteiger partial charge in [0.05, 0.1) is 12.2 Å². The van der Waals surface area contributed by atoms with E-state index in [1.54, 1.807) is 12.1 Å². The Bertz CT molecular complexity index is 591. The maximum absolute atomic E-state index is 10.8. The minimum absolute atomic E-state index is 0.334. The Kier molecular flexibility index (Phi) is 6.34. The molecule has 2 aromatic rings. The van der Waals surface area contributed by atoms with Crippen molar-refractivity contribution in [1.29, 1.82) is 0 Å². The molecular formula is C18H20O3S. The lowest BCUT2D eigenvalue weighted by molar-refractivity contribution is 0.0697. The van der Waals surface area contributed by atoms with Crippen LogP contribution in [0, 0.1) is 6.92 Å². The van der Waals surface area contributed by atoms with E-state index >= 15 is 0 Å². The number of carboxylic acid groups (broad SMARTS) is 1. The molecule has 0 unspecified atom stereocenters. The number of carbonyl (C=O) groups is 1. The summed E-state index contributed by atoms with van der Waals surface area (Å²) in [7, 11) is 0. The highest BCUT2D eigenvalue weighted by Gasteiger charge is 2.01. The number of ether oxygens (including phenoxy) is 1. The molecule has 0 aliphatic heterocycles. The second-order valence-electron chi connectivity index (χ2n) is 5.07. The fraction of sp³-hybridized carbons (Fsp3) is 0.278. The summed E-state index contributed by atoms with van der Waals surface area (Å²) < 4.78 is 5.68. The quantitative estimate of drug-likeness (QED) is 0.733. The largest absolute Gasteiger partial charge is 0.494 e. The van der Waals surface area contributed by atoms with Crippen LogP contribution in [-0.2, 0) is 5.75 Å². The Morgan fingerprint density at radius 2 is 1.77 bits per heavy atom. The number of benzene rings is 2. The smallest absolute Gasteiger partial charge is 0.335 e. The summed E-state index contributed by atoms with van der Waals surface area (Å²) in [6.45, 7) is 2.78. The van der Waals surface area contributed by atoms with E-state index in [4.69, 9.17) is 9.84 Å². The Balaban J connectivity index is 1.61. The predicted molar refractivity (Wildman–Crippen MR) is 90.9 cm³/mol. The average Bonchev–Trinajstić information content (AvgIpc) is 2.53. The van der Waals surface area contributed by atoms with E-state index in [2.05, 4.69) is 6.92 Å². The highest BCUT2D eigenvalue weighted by atomic mass is 32.2. The molecule has 0 aliphatic rings. The highest BCUT2D eigenvalue weighted by Crippen LogP contribution is 2.15. The van der Waals surface area contributed by atoms with E-state index < -0.39 is 5.97 Å². The van der Waals surface area contributed by atoms with E-state index in [-0.39, 0.29) is 0 Å². The number of hydrogen-bond acceptors (Lipinski definition) is 3. The Hall–Kier alpha value is -1.94. The van der Waals surface area contributed by atoms with Crippen molar-refractivity contribution in [3.05, 3.63) is 65.2 Å². The van der Waals surface area contributed by atoms with Crippen LogP contribution in [0.1, 0.15) is 27.9 Å². The zero-order valence-electron chi connectivity index (χ0n) is 12.6. The third kappa shape index (κ3) is 5.45. The second kappa shape index (κ2) is 8.49. The van der Waals surface area contributed by atoms with Crippen molar-refractivity contribution in [2.24, 2.45) is 0 Å². The molecule has 0 saturated carbocycles. The molecule has 0 atom stereocenters. The van der Waals surface area contributed by atoms with Crippen LogP contribution in [-0.4, -0.2) is 23.4 Å². The lowest BCUT2D eigenvalue weighted by Crippen LogP contribution is -1.99. The third-order valence-electron chi connectivity index (χ3n) is 3.19. The Morgan fingerprint density at radius 1 is 1.09 bits per heavy atom. The lowest BCUT2D eigenvalue weighted by atomic mass is 10.1. The number of aryl methyl sites for hydroxylation is 1. The average molecular weight is 316 g/mol. The van der Waals surface area contributed by atoms with Crippen molar-refractivity contribution < 1.29 is 14.6 Å². The van der Waals surface area contributed by atoms with Crippen LogP contribution in [0.25, 0.3) is 0 Å². The molecule has 3 nitrogen and oxygen atoms in total. The summed E-state index contributed by atoms with van der Waals surface area (Å²) in [5.41, 5.74) is 2.71. The first-order chi connectivity index (χ1) is 10.6. The molecule has 0 heterocycles. The monoisotopic (exact) mass is 316 g/mol. The molecule has 0 amide bonds. The highest BCUT2D eigenvalue weighted by molar-refractivity contribution is 7.98. The number of carboxylic acids is 1. The summed E-state index contributed by atoms with van der Waals surface area (Å²) >= 11 is 1.83. The lowest BCUT2D eigenvalue weighted by Gasteiger charge is -2.06. The van der Waals surface area contributed by atoms with Crippen molar-refractivity contribution in [2.75, 3.05) is 12.4 Å². The van der Waals surface area contributed by atoms with Gasteiger partial charge < -0.3 is 9.84 Å².